The fraction of sp³-hybridized carbons (Fsp3) is 0.600. The van der Waals surface area contributed by atoms with Crippen LogP contribution in [0.5, 0.6) is 0 Å². The van der Waals surface area contributed by atoms with Crippen molar-refractivity contribution >= 4 is 17.5 Å². The van der Waals surface area contributed by atoms with Gasteiger partial charge in [-0.05, 0) is 32.6 Å². The Morgan fingerprint density at radius 1 is 1.43 bits per heavy atom. The number of nitrogens with zero attached hydrogens (tertiary/aromatic N) is 3. The minimum Gasteiger partial charge on any atom is -0.350 e. The fourth-order valence-corrected chi connectivity index (χ4v) is 2.72. The molecule has 1 aliphatic heterocycles. The average Bonchev–Trinajstić information content (AvgIpc) is 2.47. The summed E-state index contributed by atoms with van der Waals surface area (Å²) in [6, 6.07) is 3.76. The van der Waals surface area contributed by atoms with Gasteiger partial charge in [0.1, 0.15) is 5.15 Å². The highest BCUT2D eigenvalue weighted by molar-refractivity contribution is 6.29. The molecule has 6 heteroatoms. The molecule has 1 amide bonds. The Labute approximate surface area is 131 Å². The number of aryl methyl sites for hydroxylation is 1. The number of piperazine rings is 1. The van der Waals surface area contributed by atoms with Gasteiger partial charge < -0.3 is 10.2 Å². The number of likely N-dealkylation sites (N-methyl/N-ethyl adjacent to an activating group) is 2. The lowest BCUT2D eigenvalue weighted by molar-refractivity contribution is 0.0881. The number of rotatable bonds is 4. The van der Waals surface area contributed by atoms with Gasteiger partial charge in [-0.1, -0.05) is 18.5 Å². The summed E-state index contributed by atoms with van der Waals surface area (Å²) in [7, 11) is 4.21. The van der Waals surface area contributed by atoms with Crippen LogP contribution in [0.4, 0.5) is 0 Å². The van der Waals surface area contributed by atoms with Gasteiger partial charge in [-0.2, -0.15) is 0 Å². The SMILES string of the molecule is CCc1cc(C(=O)NCC2CN(C)CCN2C)cc(Cl)n1. The molecule has 1 aromatic heterocycles. The molecule has 0 spiro atoms. The van der Waals surface area contributed by atoms with Crippen LogP contribution in [0.25, 0.3) is 0 Å². The van der Waals surface area contributed by atoms with Crippen LogP contribution in [0, 0.1) is 0 Å². The van der Waals surface area contributed by atoms with Crippen LogP contribution in [0.15, 0.2) is 12.1 Å². The van der Waals surface area contributed by atoms with E-state index in [0.29, 0.717) is 23.3 Å². The van der Waals surface area contributed by atoms with E-state index in [1.165, 1.54) is 0 Å². The van der Waals surface area contributed by atoms with Crippen LogP contribution >= 0.6 is 11.6 Å². The molecule has 0 radical (unpaired) electrons. The van der Waals surface area contributed by atoms with Crippen LogP contribution < -0.4 is 5.32 Å². The van der Waals surface area contributed by atoms with Crippen LogP contribution in [0.1, 0.15) is 23.0 Å². The minimum atomic E-state index is -0.0874. The lowest BCUT2D eigenvalue weighted by Crippen LogP contribution is -2.54. The molecule has 0 aliphatic carbocycles. The summed E-state index contributed by atoms with van der Waals surface area (Å²) in [6.45, 7) is 5.70. The zero-order valence-electron chi connectivity index (χ0n) is 12.9. The van der Waals surface area contributed by atoms with Gasteiger partial charge in [-0.15, -0.1) is 0 Å². The summed E-state index contributed by atoms with van der Waals surface area (Å²) >= 11 is 5.96. The van der Waals surface area contributed by atoms with E-state index in [-0.39, 0.29) is 5.91 Å². The number of carbonyl (C=O) groups is 1. The third kappa shape index (κ3) is 4.40. The second-order valence-corrected chi connectivity index (χ2v) is 6.02. The van der Waals surface area contributed by atoms with Gasteiger partial charge in [-0.3, -0.25) is 9.69 Å². The van der Waals surface area contributed by atoms with Gasteiger partial charge >= 0.3 is 0 Å². The average molecular weight is 311 g/mol. The number of aromatic nitrogens is 1. The second kappa shape index (κ2) is 7.20. The van der Waals surface area contributed by atoms with Crippen molar-refractivity contribution in [3.8, 4) is 0 Å². The molecule has 1 unspecified atom stereocenters. The Morgan fingerprint density at radius 3 is 2.90 bits per heavy atom. The molecule has 0 bridgehead atoms. The first-order valence-corrected chi connectivity index (χ1v) is 7.71. The molecule has 1 N–H and O–H groups in total. The van der Waals surface area contributed by atoms with Gasteiger partial charge in [0.2, 0.25) is 0 Å². The van der Waals surface area contributed by atoms with Crippen LogP contribution in [-0.2, 0) is 6.42 Å². The van der Waals surface area contributed by atoms with E-state index in [0.717, 1.165) is 31.7 Å². The van der Waals surface area contributed by atoms with Crippen molar-refractivity contribution in [2.24, 2.45) is 0 Å². The van der Waals surface area contributed by atoms with Crippen molar-refractivity contribution in [2.75, 3.05) is 40.3 Å². The number of nitrogens with one attached hydrogen (secondary N) is 1. The molecule has 1 aliphatic rings. The first-order valence-electron chi connectivity index (χ1n) is 7.33. The maximum atomic E-state index is 12.3. The summed E-state index contributed by atoms with van der Waals surface area (Å²) < 4.78 is 0. The monoisotopic (exact) mass is 310 g/mol. The van der Waals surface area contributed by atoms with E-state index >= 15 is 0 Å². The Balaban J connectivity index is 1.96. The smallest absolute Gasteiger partial charge is 0.251 e. The molecule has 116 valence electrons. The standard InChI is InChI=1S/C15H23ClN4O/c1-4-12-7-11(8-14(16)18-12)15(21)17-9-13-10-19(2)5-6-20(13)3/h7-8,13H,4-6,9-10H2,1-3H3,(H,17,21). The quantitative estimate of drug-likeness (QED) is 0.851. The predicted octanol–water partition coefficient (Wildman–Crippen LogP) is 1.27. The maximum Gasteiger partial charge on any atom is 0.251 e. The Hall–Kier alpha value is -1.17. The van der Waals surface area contributed by atoms with Gasteiger partial charge in [-0.25, -0.2) is 4.98 Å². The Bertz CT molecular complexity index is 508. The minimum absolute atomic E-state index is 0.0874. The maximum absolute atomic E-state index is 12.3. The summed E-state index contributed by atoms with van der Waals surface area (Å²) in [6.07, 6.45) is 0.761. The van der Waals surface area contributed by atoms with Crippen LogP contribution in [0.2, 0.25) is 5.15 Å². The van der Waals surface area contributed by atoms with Gasteiger partial charge in [0.15, 0.2) is 0 Å². The van der Waals surface area contributed by atoms with Crippen molar-refractivity contribution in [1.29, 1.82) is 0 Å². The number of halogens is 1. The number of carbonyl (C=O) groups excluding carboxylic acids is 1. The normalized spacial score (nSPS) is 20.5. The zero-order chi connectivity index (χ0) is 15.4. The molecule has 0 saturated carbocycles. The summed E-state index contributed by atoms with van der Waals surface area (Å²) in [5, 5.41) is 3.37. The number of amides is 1. The Morgan fingerprint density at radius 2 is 2.19 bits per heavy atom. The van der Waals surface area contributed by atoms with Crippen molar-refractivity contribution in [3.05, 3.63) is 28.5 Å². The highest BCUT2D eigenvalue weighted by Gasteiger charge is 2.22. The lowest BCUT2D eigenvalue weighted by atomic mass is 10.1. The summed E-state index contributed by atoms with van der Waals surface area (Å²) in [5.41, 5.74) is 1.42. The summed E-state index contributed by atoms with van der Waals surface area (Å²) in [5.74, 6) is -0.0874. The van der Waals surface area contributed by atoms with E-state index in [1.807, 2.05) is 6.92 Å². The summed E-state index contributed by atoms with van der Waals surface area (Å²) in [4.78, 5) is 21.0. The molecule has 1 atom stereocenters. The Kier molecular flexibility index (Phi) is 5.56. The molecular weight excluding hydrogens is 288 g/mol. The largest absolute Gasteiger partial charge is 0.350 e. The fourth-order valence-electron chi connectivity index (χ4n) is 2.50. The first-order chi connectivity index (χ1) is 9.99. The van der Waals surface area contributed by atoms with Crippen LogP contribution in [-0.4, -0.2) is 67.0 Å². The lowest BCUT2D eigenvalue weighted by Gasteiger charge is -2.37. The highest BCUT2D eigenvalue weighted by atomic mass is 35.5. The molecule has 1 saturated heterocycles. The van der Waals surface area contributed by atoms with Crippen LogP contribution in [0.3, 0.4) is 0 Å². The van der Waals surface area contributed by atoms with E-state index < -0.39 is 0 Å². The topological polar surface area (TPSA) is 48.5 Å². The highest BCUT2D eigenvalue weighted by Crippen LogP contribution is 2.12. The predicted molar refractivity (Wildman–Crippen MR) is 84.9 cm³/mol. The van der Waals surface area contributed by atoms with Gasteiger partial charge in [0, 0.05) is 43.5 Å². The van der Waals surface area contributed by atoms with E-state index in [4.69, 9.17) is 11.6 Å². The molecule has 2 heterocycles. The van der Waals surface area contributed by atoms with Crippen molar-refractivity contribution in [2.45, 2.75) is 19.4 Å². The number of hydrogen-bond donors (Lipinski definition) is 1. The van der Waals surface area contributed by atoms with Crippen molar-refractivity contribution in [1.82, 2.24) is 20.1 Å². The van der Waals surface area contributed by atoms with Crippen molar-refractivity contribution in [3.63, 3.8) is 0 Å². The third-order valence-electron chi connectivity index (χ3n) is 3.95. The molecule has 1 fully saturated rings. The van der Waals surface area contributed by atoms with Crippen molar-refractivity contribution < 1.29 is 4.79 Å². The van der Waals surface area contributed by atoms with Gasteiger partial charge in [0.25, 0.3) is 5.91 Å². The van der Waals surface area contributed by atoms with E-state index in [1.54, 1.807) is 12.1 Å². The first kappa shape index (κ1) is 16.2. The number of hydrogen-bond acceptors (Lipinski definition) is 4. The molecule has 2 rings (SSSR count). The molecule has 1 aromatic rings. The molecule has 21 heavy (non-hydrogen) atoms. The zero-order valence-corrected chi connectivity index (χ0v) is 13.7. The molecule has 5 nitrogen and oxygen atoms in total. The van der Waals surface area contributed by atoms with Gasteiger partial charge in [0.05, 0.1) is 0 Å². The molecule has 0 aromatic carbocycles. The van der Waals surface area contributed by atoms with E-state index in [2.05, 4.69) is 34.2 Å². The number of pyridine rings is 1. The molecular formula is C15H23ClN4O. The second-order valence-electron chi connectivity index (χ2n) is 5.63. The third-order valence-corrected chi connectivity index (χ3v) is 4.14. The van der Waals surface area contributed by atoms with E-state index in [9.17, 15) is 4.79 Å².